The molecule has 5 atom stereocenters. The number of hydrogen-bond donors (Lipinski definition) is 3. The Morgan fingerprint density at radius 3 is 0.667 bits per heavy atom. The summed E-state index contributed by atoms with van der Waals surface area (Å²) < 4.78 is 68.4. The highest BCUT2D eigenvalue weighted by molar-refractivity contribution is 7.47. The normalized spacial score (nSPS) is 14.2. The second-order valence-electron chi connectivity index (χ2n) is 28.6. The lowest BCUT2D eigenvalue weighted by Crippen LogP contribution is -2.30. The van der Waals surface area contributed by atoms with E-state index in [1.54, 1.807) is 0 Å². The molecule has 0 amide bonds. The fraction of sp³-hybridized carbons (Fsp3) is 0.946. The van der Waals surface area contributed by atoms with Crippen molar-refractivity contribution in [3.63, 3.8) is 0 Å². The van der Waals surface area contributed by atoms with Gasteiger partial charge in [-0.15, -0.1) is 0 Å². The van der Waals surface area contributed by atoms with E-state index in [1.807, 2.05) is 0 Å². The van der Waals surface area contributed by atoms with Gasteiger partial charge in [0, 0.05) is 25.7 Å². The first-order valence-corrected chi connectivity index (χ1v) is 41.2. The SMILES string of the molecule is CC(C)CCCCCCCCCCCCCCCCC(=O)O[C@H](COC(=O)CCCCCCCCCC(C)C)COP(=O)(O)OCC(O)COP(=O)(O)OC[C@@H](COC(=O)CCCCCCCCCC(C)C)OC(=O)CCCCCCCCCCCCCCCC(C)C. The maximum absolute atomic E-state index is 13.0. The molecule has 0 fully saturated rings. The van der Waals surface area contributed by atoms with Crippen molar-refractivity contribution in [1.29, 1.82) is 0 Å². The summed E-state index contributed by atoms with van der Waals surface area (Å²) in [6.07, 6.45) is 47.3. The molecule has 0 aliphatic rings. The van der Waals surface area contributed by atoms with Crippen LogP contribution in [-0.4, -0.2) is 96.7 Å². The van der Waals surface area contributed by atoms with Gasteiger partial charge in [0.15, 0.2) is 12.2 Å². The number of carbonyl (C=O) groups is 4. The predicted molar refractivity (Wildman–Crippen MR) is 377 cm³/mol. The molecule has 0 radical (unpaired) electrons. The molecular weight excluding hydrogens is 1220 g/mol. The summed E-state index contributed by atoms with van der Waals surface area (Å²) in [5, 5.41) is 10.6. The van der Waals surface area contributed by atoms with Crippen molar-refractivity contribution in [1.82, 2.24) is 0 Å². The minimum atomic E-state index is -4.95. The molecule has 552 valence electrons. The Labute approximate surface area is 568 Å². The zero-order valence-electron chi connectivity index (χ0n) is 60.9. The number of hydrogen-bond acceptors (Lipinski definition) is 15. The number of phosphoric ester groups is 2. The summed E-state index contributed by atoms with van der Waals surface area (Å²) in [5.74, 6) is 0.867. The van der Waals surface area contributed by atoms with E-state index in [4.69, 9.17) is 37.0 Å². The minimum absolute atomic E-state index is 0.106. The average molecular weight is 1370 g/mol. The molecule has 0 aliphatic heterocycles. The molecule has 0 heterocycles. The number of phosphoric acid groups is 2. The van der Waals surface area contributed by atoms with Gasteiger partial charge >= 0.3 is 39.5 Å². The van der Waals surface area contributed by atoms with Gasteiger partial charge < -0.3 is 33.8 Å². The number of rotatable bonds is 71. The van der Waals surface area contributed by atoms with E-state index >= 15 is 0 Å². The first kappa shape index (κ1) is 91.1. The van der Waals surface area contributed by atoms with Gasteiger partial charge in [-0.1, -0.05) is 319 Å². The fourth-order valence-corrected chi connectivity index (χ4v) is 12.8. The Morgan fingerprint density at radius 2 is 0.452 bits per heavy atom. The molecule has 93 heavy (non-hydrogen) atoms. The summed E-state index contributed by atoms with van der Waals surface area (Å²) in [4.78, 5) is 72.7. The van der Waals surface area contributed by atoms with E-state index in [0.29, 0.717) is 37.5 Å². The van der Waals surface area contributed by atoms with Crippen LogP contribution in [0.3, 0.4) is 0 Å². The molecule has 0 aliphatic carbocycles. The zero-order chi connectivity index (χ0) is 68.9. The Hall–Kier alpha value is -1.94. The van der Waals surface area contributed by atoms with Gasteiger partial charge in [-0.2, -0.15) is 0 Å². The van der Waals surface area contributed by atoms with Crippen LogP contribution in [0.1, 0.15) is 370 Å². The van der Waals surface area contributed by atoms with Gasteiger partial charge in [-0.3, -0.25) is 37.3 Å². The van der Waals surface area contributed by atoms with Crippen molar-refractivity contribution in [2.24, 2.45) is 23.7 Å². The van der Waals surface area contributed by atoms with Gasteiger partial charge in [0.2, 0.25) is 0 Å². The quantitative estimate of drug-likeness (QED) is 0.0222. The van der Waals surface area contributed by atoms with E-state index in [0.717, 1.165) is 115 Å². The lowest BCUT2D eigenvalue weighted by atomic mass is 10.0. The summed E-state index contributed by atoms with van der Waals surface area (Å²) >= 11 is 0. The summed E-state index contributed by atoms with van der Waals surface area (Å²) in [6.45, 7) is 14.1. The Morgan fingerprint density at radius 1 is 0.269 bits per heavy atom. The van der Waals surface area contributed by atoms with Crippen molar-refractivity contribution in [2.75, 3.05) is 39.6 Å². The molecule has 3 unspecified atom stereocenters. The maximum atomic E-state index is 13.0. The van der Waals surface area contributed by atoms with Crippen molar-refractivity contribution < 1.29 is 80.2 Å². The number of unbranched alkanes of at least 4 members (excludes halogenated alkanes) is 37. The van der Waals surface area contributed by atoms with Gasteiger partial charge in [0.1, 0.15) is 19.3 Å². The van der Waals surface area contributed by atoms with Crippen molar-refractivity contribution in [3.05, 3.63) is 0 Å². The molecule has 0 rings (SSSR count). The van der Waals surface area contributed by atoms with Crippen LogP contribution in [0.4, 0.5) is 0 Å². The molecular formula is C74H144O17P2. The van der Waals surface area contributed by atoms with E-state index < -0.39 is 97.5 Å². The van der Waals surface area contributed by atoms with Crippen LogP contribution < -0.4 is 0 Å². The lowest BCUT2D eigenvalue weighted by molar-refractivity contribution is -0.161. The van der Waals surface area contributed by atoms with Crippen molar-refractivity contribution in [3.8, 4) is 0 Å². The van der Waals surface area contributed by atoms with Gasteiger partial charge in [-0.05, 0) is 49.4 Å². The summed E-state index contributed by atoms with van der Waals surface area (Å²) in [7, 11) is -9.91. The highest BCUT2D eigenvalue weighted by Crippen LogP contribution is 2.45. The van der Waals surface area contributed by atoms with Crippen LogP contribution in [0.5, 0.6) is 0 Å². The minimum Gasteiger partial charge on any atom is -0.462 e. The Balaban J connectivity index is 5.22. The third kappa shape index (κ3) is 68.4. The van der Waals surface area contributed by atoms with E-state index in [9.17, 15) is 43.2 Å². The van der Waals surface area contributed by atoms with Gasteiger partial charge in [0.25, 0.3) is 0 Å². The second-order valence-corrected chi connectivity index (χ2v) is 31.5. The third-order valence-corrected chi connectivity index (χ3v) is 19.0. The predicted octanol–water partition coefficient (Wildman–Crippen LogP) is 21.3. The number of esters is 4. The lowest BCUT2D eigenvalue weighted by Gasteiger charge is -2.21. The zero-order valence-corrected chi connectivity index (χ0v) is 62.7. The third-order valence-electron chi connectivity index (χ3n) is 17.1. The Bertz CT molecular complexity index is 1830. The molecule has 3 N–H and O–H groups in total. The van der Waals surface area contributed by atoms with Gasteiger partial charge in [0.05, 0.1) is 26.4 Å². The standard InChI is InChI=1S/C74H144O17P2/c1-64(2)50-42-34-26-20-16-12-9-10-14-18-22-30-40-48-56-73(78)90-69(60-84-71(76)54-46-38-32-24-28-36-44-52-66(5)6)62-88-92(80,81)86-58-68(75)59-87-93(82,83)89-63-70(61-85-72(77)55-47-39-33-25-29-37-45-53-67(7)8)91-74(79)57-49-41-31-23-19-15-11-13-17-21-27-35-43-51-65(3)4/h64-70,75H,9-63H2,1-8H3,(H,80,81)(H,82,83)/t68?,69-,70-/m1/s1. The number of aliphatic hydroxyl groups excluding tert-OH is 1. The molecule has 0 aromatic carbocycles. The number of carbonyl (C=O) groups excluding carboxylic acids is 4. The topological polar surface area (TPSA) is 237 Å². The van der Waals surface area contributed by atoms with Crippen LogP contribution >= 0.6 is 15.6 Å². The molecule has 0 saturated heterocycles. The molecule has 19 heteroatoms. The largest absolute Gasteiger partial charge is 0.472 e. The van der Waals surface area contributed by atoms with Crippen LogP contribution in [0.15, 0.2) is 0 Å². The van der Waals surface area contributed by atoms with E-state index in [-0.39, 0.29) is 25.7 Å². The van der Waals surface area contributed by atoms with Crippen molar-refractivity contribution in [2.45, 2.75) is 388 Å². The smallest absolute Gasteiger partial charge is 0.462 e. The highest BCUT2D eigenvalue weighted by atomic mass is 31.2. The fourth-order valence-electron chi connectivity index (χ4n) is 11.2. The highest BCUT2D eigenvalue weighted by Gasteiger charge is 2.30. The summed E-state index contributed by atoms with van der Waals surface area (Å²) in [5.41, 5.74) is 0. The molecule has 0 aromatic rings. The van der Waals surface area contributed by atoms with E-state index in [1.165, 1.54) is 161 Å². The Kier molecular flexibility index (Phi) is 62.2. The first-order chi connectivity index (χ1) is 44.6. The number of ether oxygens (including phenoxy) is 4. The van der Waals surface area contributed by atoms with Crippen LogP contribution in [-0.2, 0) is 65.4 Å². The molecule has 0 bridgehead atoms. The van der Waals surface area contributed by atoms with E-state index in [2.05, 4.69) is 55.4 Å². The summed E-state index contributed by atoms with van der Waals surface area (Å²) in [6, 6.07) is 0. The van der Waals surface area contributed by atoms with Gasteiger partial charge in [-0.25, -0.2) is 9.13 Å². The monoisotopic (exact) mass is 1370 g/mol. The second kappa shape index (κ2) is 63.5. The first-order valence-electron chi connectivity index (χ1n) is 38.2. The molecule has 17 nitrogen and oxygen atoms in total. The number of aliphatic hydroxyl groups is 1. The van der Waals surface area contributed by atoms with Crippen molar-refractivity contribution >= 4 is 39.5 Å². The molecule has 0 saturated carbocycles. The van der Waals surface area contributed by atoms with Crippen LogP contribution in [0, 0.1) is 23.7 Å². The molecule has 0 spiro atoms. The van der Waals surface area contributed by atoms with Crippen LogP contribution in [0.2, 0.25) is 0 Å². The van der Waals surface area contributed by atoms with Crippen LogP contribution in [0.25, 0.3) is 0 Å². The molecule has 0 aromatic heterocycles. The average Bonchev–Trinajstić information content (AvgIpc) is 1.99. The maximum Gasteiger partial charge on any atom is 0.472 e.